The first-order valence-corrected chi connectivity index (χ1v) is 11.5. The molecule has 5 rings (SSSR count). The largest absolute Gasteiger partial charge is 0.350 e. The maximum Gasteiger partial charge on any atom is 0.272 e. The van der Waals surface area contributed by atoms with Gasteiger partial charge in [0.25, 0.3) is 5.91 Å². The Balaban J connectivity index is 1.32. The van der Waals surface area contributed by atoms with Crippen molar-refractivity contribution < 1.29 is 4.79 Å². The van der Waals surface area contributed by atoms with Crippen molar-refractivity contribution >= 4 is 46.3 Å². The second-order valence-corrected chi connectivity index (χ2v) is 8.26. The van der Waals surface area contributed by atoms with Crippen molar-refractivity contribution in [3.63, 3.8) is 0 Å². The molecule has 0 bridgehead atoms. The Bertz CT molecular complexity index is 1590. The number of hydrogen-bond donors (Lipinski definition) is 4. The summed E-state index contributed by atoms with van der Waals surface area (Å²) < 4.78 is 0. The molecular formula is C28H24N8O. The third kappa shape index (κ3) is 5.51. The fraction of sp³-hybridized carbons (Fsp3) is 0.0357. The highest BCUT2D eigenvalue weighted by Crippen LogP contribution is 2.25. The standard InChI is InChI=1S/C28H24N8O/c1-18(16-32-29-2)19-7-9-22(10-8-19)33-26-11-13-31-27(36-26)21-6-5-20-14-25(35-24(20)15-21)28(37)34-23-4-3-12-30-17-23/h3-17,32,35H,2H2,1H3,(H,34,37)(H,31,33,36)/b18-16+. The molecule has 4 N–H and O–H groups in total. The van der Waals surface area contributed by atoms with Gasteiger partial charge in [0.05, 0.1) is 11.9 Å². The molecule has 0 aliphatic carbocycles. The Morgan fingerprint density at radius 1 is 1.03 bits per heavy atom. The second-order valence-electron chi connectivity index (χ2n) is 8.26. The van der Waals surface area contributed by atoms with Crippen molar-refractivity contribution in [2.24, 2.45) is 5.10 Å². The van der Waals surface area contributed by atoms with Crippen LogP contribution in [0, 0.1) is 0 Å². The number of aromatic nitrogens is 4. The summed E-state index contributed by atoms with van der Waals surface area (Å²) in [6.45, 7) is 5.40. The highest BCUT2D eigenvalue weighted by Gasteiger charge is 2.12. The van der Waals surface area contributed by atoms with E-state index in [-0.39, 0.29) is 5.91 Å². The van der Waals surface area contributed by atoms with Crippen LogP contribution >= 0.6 is 0 Å². The number of aromatic amines is 1. The lowest BCUT2D eigenvalue weighted by atomic mass is 10.1. The molecule has 9 heteroatoms. The minimum atomic E-state index is -0.237. The summed E-state index contributed by atoms with van der Waals surface area (Å²) in [6.07, 6.45) is 6.77. The van der Waals surface area contributed by atoms with Crippen LogP contribution in [0.15, 0.2) is 96.6 Å². The summed E-state index contributed by atoms with van der Waals surface area (Å²) in [5, 5.41) is 10.7. The first-order valence-electron chi connectivity index (χ1n) is 11.5. The minimum Gasteiger partial charge on any atom is -0.350 e. The van der Waals surface area contributed by atoms with E-state index < -0.39 is 0 Å². The van der Waals surface area contributed by atoms with E-state index in [9.17, 15) is 4.79 Å². The van der Waals surface area contributed by atoms with E-state index in [2.05, 4.69) is 47.8 Å². The fourth-order valence-corrected chi connectivity index (χ4v) is 3.78. The summed E-state index contributed by atoms with van der Waals surface area (Å²) in [5.41, 5.74) is 8.49. The van der Waals surface area contributed by atoms with Gasteiger partial charge < -0.3 is 15.6 Å². The number of anilines is 3. The van der Waals surface area contributed by atoms with Crippen LogP contribution in [-0.2, 0) is 0 Å². The van der Waals surface area contributed by atoms with Crippen molar-refractivity contribution in [1.29, 1.82) is 0 Å². The number of rotatable bonds is 8. The number of nitrogens with one attached hydrogen (secondary N) is 4. The van der Waals surface area contributed by atoms with Crippen LogP contribution in [-0.4, -0.2) is 32.6 Å². The number of fused-ring (bicyclic) bond motifs is 1. The van der Waals surface area contributed by atoms with E-state index >= 15 is 0 Å². The van der Waals surface area contributed by atoms with Gasteiger partial charge in [-0.25, -0.2) is 9.97 Å². The molecular weight excluding hydrogens is 464 g/mol. The Morgan fingerprint density at radius 2 is 1.89 bits per heavy atom. The van der Waals surface area contributed by atoms with Gasteiger partial charge in [-0.3, -0.25) is 15.2 Å². The summed E-state index contributed by atoms with van der Waals surface area (Å²) in [4.78, 5) is 29.0. The molecule has 1 amide bonds. The van der Waals surface area contributed by atoms with Crippen LogP contribution in [0.1, 0.15) is 23.0 Å². The number of hydrazone groups is 1. The Labute approximate surface area is 213 Å². The average molecular weight is 489 g/mol. The van der Waals surface area contributed by atoms with Gasteiger partial charge in [-0.1, -0.05) is 24.3 Å². The minimum absolute atomic E-state index is 0.237. The van der Waals surface area contributed by atoms with Crippen molar-refractivity contribution in [3.05, 3.63) is 103 Å². The zero-order chi connectivity index (χ0) is 25.6. The maximum absolute atomic E-state index is 12.6. The second kappa shape index (κ2) is 10.5. The van der Waals surface area contributed by atoms with Gasteiger partial charge in [0.15, 0.2) is 5.82 Å². The number of carbonyl (C=O) groups is 1. The normalized spacial score (nSPS) is 11.2. The molecule has 0 unspecified atom stereocenters. The lowest BCUT2D eigenvalue weighted by Gasteiger charge is -2.09. The lowest BCUT2D eigenvalue weighted by Crippen LogP contribution is -2.12. The molecule has 37 heavy (non-hydrogen) atoms. The average Bonchev–Trinajstić information content (AvgIpc) is 3.37. The molecule has 3 heterocycles. The SMILES string of the molecule is C=NN/C=C(\C)c1ccc(Nc2ccnc(-c3ccc4cc(C(=O)Nc5cccnc5)[nH]c4c3)n2)cc1. The number of pyridine rings is 1. The molecule has 9 nitrogen and oxygen atoms in total. The third-order valence-electron chi connectivity index (χ3n) is 5.69. The molecule has 0 saturated heterocycles. The summed E-state index contributed by atoms with van der Waals surface area (Å²) in [6, 6.07) is 21.0. The maximum atomic E-state index is 12.6. The van der Waals surface area contributed by atoms with Gasteiger partial charge in [-0.2, -0.15) is 5.10 Å². The van der Waals surface area contributed by atoms with Crippen molar-refractivity contribution in [2.45, 2.75) is 6.92 Å². The van der Waals surface area contributed by atoms with E-state index in [4.69, 9.17) is 0 Å². The van der Waals surface area contributed by atoms with Crippen LogP contribution in [0.3, 0.4) is 0 Å². The number of nitrogens with zero attached hydrogens (tertiary/aromatic N) is 4. The molecule has 2 aromatic carbocycles. The Kier molecular flexibility index (Phi) is 6.67. The zero-order valence-corrected chi connectivity index (χ0v) is 20.1. The van der Waals surface area contributed by atoms with Crippen LogP contribution in [0.5, 0.6) is 0 Å². The number of amides is 1. The van der Waals surface area contributed by atoms with Gasteiger partial charge in [-0.15, -0.1) is 0 Å². The van der Waals surface area contributed by atoms with Gasteiger partial charge in [0.1, 0.15) is 11.5 Å². The van der Waals surface area contributed by atoms with Crippen LogP contribution in [0.2, 0.25) is 0 Å². The Morgan fingerprint density at radius 3 is 2.68 bits per heavy atom. The third-order valence-corrected chi connectivity index (χ3v) is 5.69. The fourth-order valence-electron chi connectivity index (χ4n) is 3.78. The first-order chi connectivity index (χ1) is 18.1. The number of H-pyrrole nitrogens is 1. The van der Waals surface area contributed by atoms with E-state index in [0.29, 0.717) is 23.0 Å². The van der Waals surface area contributed by atoms with Crippen molar-refractivity contribution in [1.82, 2.24) is 25.4 Å². The monoisotopic (exact) mass is 488 g/mol. The highest BCUT2D eigenvalue weighted by atomic mass is 16.1. The van der Waals surface area contributed by atoms with E-state index in [0.717, 1.165) is 33.3 Å². The first kappa shape index (κ1) is 23.4. The molecule has 0 saturated carbocycles. The van der Waals surface area contributed by atoms with E-state index in [1.54, 1.807) is 36.9 Å². The topological polar surface area (TPSA) is 120 Å². The summed E-state index contributed by atoms with van der Waals surface area (Å²) in [7, 11) is 0. The van der Waals surface area contributed by atoms with Crippen LogP contribution < -0.4 is 16.1 Å². The number of carbonyl (C=O) groups excluding carboxylic acids is 1. The molecule has 3 aromatic heterocycles. The smallest absolute Gasteiger partial charge is 0.272 e. The number of allylic oxidation sites excluding steroid dienone is 1. The van der Waals surface area contributed by atoms with Crippen LogP contribution in [0.25, 0.3) is 27.9 Å². The number of benzene rings is 2. The van der Waals surface area contributed by atoms with E-state index in [1.165, 1.54) is 0 Å². The molecule has 182 valence electrons. The highest BCUT2D eigenvalue weighted by molar-refractivity contribution is 6.06. The quantitative estimate of drug-likeness (QED) is 0.167. The predicted octanol–water partition coefficient (Wildman–Crippen LogP) is 5.58. The van der Waals surface area contributed by atoms with Crippen LogP contribution in [0.4, 0.5) is 17.2 Å². The lowest BCUT2D eigenvalue weighted by molar-refractivity contribution is 0.102. The Hall–Kier alpha value is -5.31. The molecule has 0 atom stereocenters. The summed E-state index contributed by atoms with van der Waals surface area (Å²) >= 11 is 0. The van der Waals surface area contributed by atoms with Gasteiger partial charge in [0, 0.05) is 47.5 Å². The van der Waals surface area contributed by atoms with Gasteiger partial charge in [0.2, 0.25) is 0 Å². The molecule has 0 fully saturated rings. The van der Waals surface area contributed by atoms with E-state index in [1.807, 2.05) is 61.5 Å². The molecule has 0 aliphatic heterocycles. The van der Waals surface area contributed by atoms with Gasteiger partial charge in [-0.05, 0) is 60.5 Å². The van der Waals surface area contributed by atoms with Gasteiger partial charge >= 0.3 is 0 Å². The molecule has 5 aromatic rings. The molecule has 0 radical (unpaired) electrons. The zero-order valence-electron chi connectivity index (χ0n) is 20.1. The molecule has 0 spiro atoms. The summed E-state index contributed by atoms with van der Waals surface area (Å²) in [5.74, 6) is 1.01. The predicted molar refractivity (Wildman–Crippen MR) is 148 cm³/mol. The number of hydrogen-bond acceptors (Lipinski definition) is 7. The van der Waals surface area contributed by atoms with Crippen molar-refractivity contribution in [2.75, 3.05) is 10.6 Å². The van der Waals surface area contributed by atoms with Crippen molar-refractivity contribution in [3.8, 4) is 11.4 Å². The molecule has 0 aliphatic rings.